The van der Waals surface area contributed by atoms with Crippen LogP contribution in [0.15, 0.2) is 54.6 Å². The summed E-state index contributed by atoms with van der Waals surface area (Å²) in [5.41, 5.74) is 0.890. The fourth-order valence-electron chi connectivity index (χ4n) is 2.90. The lowest BCUT2D eigenvalue weighted by Gasteiger charge is -2.39. The van der Waals surface area contributed by atoms with Gasteiger partial charge in [0, 0.05) is 0 Å². The van der Waals surface area contributed by atoms with Crippen LogP contribution in [0.25, 0.3) is 6.08 Å². The quantitative estimate of drug-likeness (QED) is 0.347. The second-order valence-corrected chi connectivity index (χ2v) is 6.60. The van der Waals surface area contributed by atoms with Crippen LogP contribution >= 0.6 is 0 Å². The van der Waals surface area contributed by atoms with E-state index < -0.39 is 37.3 Å². The van der Waals surface area contributed by atoms with Gasteiger partial charge in [-0.05, 0) is 35.9 Å². The maximum Gasteiger partial charge on any atom is 0.229 e. The molecule has 0 spiro atoms. The highest BCUT2D eigenvalue weighted by Crippen LogP contribution is 2.25. The van der Waals surface area contributed by atoms with Gasteiger partial charge in [0.25, 0.3) is 0 Å². The van der Waals surface area contributed by atoms with E-state index >= 15 is 0 Å². The molecule has 8 nitrogen and oxygen atoms in total. The van der Waals surface area contributed by atoms with Crippen molar-refractivity contribution in [2.75, 3.05) is 6.61 Å². The molecule has 2 aromatic rings. The van der Waals surface area contributed by atoms with Gasteiger partial charge in [0.15, 0.2) is 5.78 Å². The first-order valence-electron chi connectivity index (χ1n) is 8.98. The Kier molecular flexibility index (Phi) is 6.63. The third-order valence-corrected chi connectivity index (χ3v) is 4.58. The molecule has 1 heterocycles. The summed E-state index contributed by atoms with van der Waals surface area (Å²) in [6.07, 6.45) is -3.88. The minimum Gasteiger partial charge on any atom is -0.507 e. The van der Waals surface area contributed by atoms with Crippen LogP contribution in [0.1, 0.15) is 15.9 Å². The number of hydrogen-bond acceptors (Lipinski definition) is 8. The lowest BCUT2D eigenvalue weighted by atomic mass is 9.99. The number of benzene rings is 2. The summed E-state index contributed by atoms with van der Waals surface area (Å²) in [6, 6.07) is 12.7. The van der Waals surface area contributed by atoms with E-state index in [1.807, 2.05) is 0 Å². The van der Waals surface area contributed by atoms with Gasteiger partial charge >= 0.3 is 0 Å². The second-order valence-electron chi connectivity index (χ2n) is 6.60. The van der Waals surface area contributed by atoms with Crippen LogP contribution in [-0.2, 0) is 4.74 Å². The van der Waals surface area contributed by atoms with Crippen LogP contribution in [0.5, 0.6) is 11.5 Å². The summed E-state index contributed by atoms with van der Waals surface area (Å²) in [4.78, 5) is 12.1. The number of rotatable bonds is 6. The smallest absolute Gasteiger partial charge is 0.229 e. The lowest BCUT2D eigenvalue weighted by molar-refractivity contribution is -0.277. The number of aliphatic hydroxyl groups is 4. The third-order valence-electron chi connectivity index (χ3n) is 4.58. The Balaban J connectivity index is 1.64. The van der Waals surface area contributed by atoms with Crippen LogP contribution in [0.3, 0.4) is 0 Å². The number of phenols is 1. The van der Waals surface area contributed by atoms with E-state index in [2.05, 4.69) is 0 Å². The maximum absolute atomic E-state index is 12.1. The molecule has 0 bridgehead atoms. The van der Waals surface area contributed by atoms with Crippen LogP contribution in [0.2, 0.25) is 0 Å². The van der Waals surface area contributed by atoms with Gasteiger partial charge in [0.1, 0.15) is 35.9 Å². The summed E-state index contributed by atoms with van der Waals surface area (Å²) in [6.45, 7) is -0.542. The predicted octanol–water partition coefficient (Wildman–Crippen LogP) is 0.467. The highest BCUT2D eigenvalue weighted by molar-refractivity contribution is 6.08. The van der Waals surface area contributed by atoms with Crippen LogP contribution in [0.4, 0.5) is 0 Å². The third kappa shape index (κ3) is 4.81. The molecule has 8 heteroatoms. The number of ketones is 1. The summed E-state index contributed by atoms with van der Waals surface area (Å²) < 4.78 is 10.8. The van der Waals surface area contributed by atoms with Gasteiger partial charge < -0.3 is 35.0 Å². The van der Waals surface area contributed by atoms with Gasteiger partial charge in [-0.15, -0.1) is 0 Å². The van der Waals surface area contributed by atoms with Crippen molar-refractivity contribution in [1.29, 1.82) is 0 Å². The highest BCUT2D eigenvalue weighted by Gasteiger charge is 2.44. The molecule has 0 amide bonds. The number of carbonyl (C=O) groups is 1. The average molecular weight is 402 g/mol. The summed E-state index contributed by atoms with van der Waals surface area (Å²) in [7, 11) is 0. The molecule has 5 N–H and O–H groups in total. The Morgan fingerprint density at radius 3 is 2.34 bits per heavy atom. The van der Waals surface area contributed by atoms with Gasteiger partial charge in [0.05, 0.1) is 12.2 Å². The minimum atomic E-state index is -1.52. The number of aliphatic hydroxyl groups excluding tert-OH is 4. The number of aromatic hydroxyl groups is 1. The van der Waals surface area contributed by atoms with Crippen molar-refractivity contribution >= 4 is 11.9 Å². The van der Waals surface area contributed by atoms with E-state index in [4.69, 9.17) is 9.47 Å². The topological polar surface area (TPSA) is 137 Å². The molecule has 0 saturated carbocycles. The summed E-state index contributed by atoms with van der Waals surface area (Å²) in [5.74, 6) is -0.117. The average Bonchev–Trinajstić information content (AvgIpc) is 2.73. The van der Waals surface area contributed by atoms with Crippen LogP contribution < -0.4 is 4.74 Å². The first-order valence-corrected chi connectivity index (χ1v) is 8.98. The molecule has 1 aliphatic rings. The molecule has 0 aliphatic carbocycles. The monoisotopic (exact) mass is 402 g/mol. The van der Waals surface area contributed by atoms with Gasteiger partial charge in [-0.2, -0.15) is 0 Å². The normalized spacial score (nSPS) is 27.1. The SMILES string of the molecule is O=C(/C=C/c1ccc(OC2O[C@H](CO)[C@@H](O)[C@H](O)[C@H]2O)cc1)c1ccccc1O. The summed E-state index contributed by atoms with van der Waals surface area (Å²) in [5, 5.41) is 48.5. The minimum absolute atomic E-state index is 0.0922. The molecule has 154 valence electrons. The van der Waals surface area contributed by atoms with Gasteiger partial charge in [0.2, 0.25) is 6.29 Å². The zero-order chi connectivity index (χ0) is 21.0. The van der Waals surface area contributed by atoms with Gasteiger partial charge in [-0.25, -0.2) is 0 Å². The highest BCUT2D eigenvalue weighted by atomic mass is 16.7. The zero-order valence-corrected chi connectivity index (χ0v) is 15.3. The Bertz CT molecular complexity index is 861. The molecule has 3 rings (SSSR count). The zero-order valence-electron chi connectivity index (χ0n) is 15.3. The van der Waals surface area contributed by atoms with Crippen LogP contribution in [0, 0.1) is 0 Å². The summed E-state index contributed by atoms with van der Waals surface area (Å²) >= 11 is 0. The van der Waals surface area contributed by atoms with Gasteiger partial charge in [-0.3, -0.25) is 4.79 Å². The molecule has 2 aromatic carbocycles. The van der Waals surface area contributed by atoms with Crippen molar-refractivity contribution < 1.29 is 39.8 Å². The van der Waals surface area contributed by atoms with Crippen molar-refractivity contribution in [3.05, 3.63) is 65.7 Å². The number of carbonyl (C=O) groups excluding carboxylic acids is 1. The molecule has 1 aliphatic heterocycles. The van der Waals surface area contributed by atoms with Crippen molar-refractivity contribution in [3.63, 3.8) is 0 Å². The van der Waals surface area contributed by atoms with Crippen molar-refractivity contribution in [3.8, 4) is 11.5 Å². The standard InChI is InChI=1S/C21H22O8/c22-11-17-18(25)19(26)20(27)21(29-17)28-13-8-5-12(6-9-13)7-10-16(24)14-3-1-2-4-15(14)23/h1-10,17-23,25-27H,11H2/b10-7+/t17-,18-,19+,20-,21?/m1/s1. The molecule has 1 fully saturated rings. The van der Waals surface area contributed by atoms with Crippen LogP contribution in [-0.4, -0.2) is 68.6 Å². The number of allylic oxidation sites excluding steroid dienone is 1. The Morgan fingerprint density at radius 2 is 1.69 bits per heavy atom. The molecule has 1 saturated heterocycles. The number of para-hydroxylation sites is 1. The first kappa shape index (κ1) is 21.0. The van der Waals surface area contributed by atoms with Crippen molar-refractivity contribution in [1.82, 2.24) is 0 Å². The largest absolute Gasteiger partial charge is 0.507 e. The first-order chi connectivity index (χ1) is 13.9. The Hall–Kier alpha value is -2.75. The second kappa shape index (κ2) is 9.17. The van der Waals surface area contributed by atoms with Gasteiger partial charge in [-0.1, -0.05) is 30.3 Å². The van der Waals surface area contributed by atoms with Crippen molar-refractivity contribution in [2.45, 2.75) is 30.7 Å². The number of hydrogen-bond donors (Lipinski definition) is 5. The van der Waals surface area contributed by atoms with Crippen molar-refractivity contribution in [2.24, 2.45) is 0 Å². The maximum atomic E-state index is 12.1. The fraction of sp³-hybridized carbons (Fsp3) is 0.286. The van der Waals surface area contributed by atoms with E-state index in [0.717, 1.165) is 0 Å². The molecule has 5 atom stereocenters. The molecular formula is C21H22O8. The predicted molar refractivity (Wildman–Crippen MR) is 102 cm³/mol. The van der Waals surface area contributed by atoms with E-state index in [0.29, 0.717) is 11.3 Å². The fourth-order valence-corrected chi connectivity index (χ4v) is 2.90. The molecule has 0 radical (unpaired) electrons. The number of phenolic OH excluding ortho intramolecular Hbond substituents is 1. The lowest BCUT2D eigenvalue weighted by Crippen LogP contribution is -2.60. The molecular weight excluding hydrogens is 380 g/mol. The van der Waals surface area contributed by atoms with E-state index in [9.17, 15) is 30.3 Å². The number of ether oxygens (including phenoxy) is 2. The Morgan fingerprint density at radius 1 is 1.00 bits per heavy atom. The van der Waals surface area contributed by atoms with E-state index in [-0.39, 0.29) is 17.1 Å². The van der Waals surface area contributed by atoms with E-state index in [1.54, 1.807) is 42.5 Å². The molecule has 0 aromatic heterocycles. The Labute approximate surface area is 166 Å². The van der Waals surface area contributed by atoms with E-state index in [1.165, 1.54) is 18.2 Å². The molecule has 1 unspecified atom stereocenters. The molecule has 29 heavy (non-hydrogen) atoms.